The average molecular weight is 433 g/mol. The highest BCUT2D eigenvalue weighted by molar-refractivity contribution is 6.32. The fraction of sp³-hybridized carbons (Fsp3) is 0.208. The number of furan rings is 1. The van der Waals surface area contributed by atoms with Gasteiger partial charge in [0.05, 0.1) is 24.4 Å². The zero-order chi connectivity index (χ0) is 21.2. The number of benzene rings is 1. The summed E-state index contributed by atoms with van der Waals surface area (Å²) in [4.78, 5) is 15.7. The van der Waals surface area contributed by atoms with Crippen molar-refractivity contribution in [1.29, 1.82) is 0 Å². The predicted octanol–water partition coefficient (Wildman–Crippen LogP) is 5.02. The van der Waals surface area contributed by atoms with Crippen molar-refractivity contribution in [3.05, 3.63) is 83.1 Å². The molecule has 4 aromatic rings. The molecule has 0 aliphatic carbocycles. The Morgan fingerprint density at radius 1 is 1.10 bits per heavy atom. The van der Waals surface area contributed by atoms with Gasteiger partial charge in [0.2, 0.25) is 0 Å². The van der Waals surface area contributed by atoms with Gasteiger partial charge in [-0.15, -0.1) is 0 Å². The van der Waals surface area contributed by atoms with Crippen LogP contribution in [0.3, 0.4) is 0 Å². The first-order valence-corrected chi connectivity index (χ1v) is 10.5. The predicted molar refractivity (Wildman–Crippen MR) is 119 cm³/mol. The van der Waals surface area contributed by atoms with Gasteiger partial charge in [0.1, 0.15) is 17.3 Å². The number of rotatable bonds is 5. The fourth-order valence-electron chi connectivity index (χ4n) is 3.81. The lowest BCUT2D eigenvalue weighted by Crippen LogP contribution is -2.30. The van der Waals surface area contributed by atoms with Gasteiger partial charge < -0.3 is 9.15 Å². The lowest BCUT2D eigenvalue weighted by Gasteiger charge is -2.27. The summed E-state index contributed by atoms with van der Waals surface area (Å²) in [5.74, 6) is 3.11. The molecule has 0 fully saturated rings. The first-order chi connectivity index (χ1) is 15.2. The molecule has 0 saturated heterocycles. The number of fused-ring (bicyclic) bond motifs is 1. The Labute approximate surface area is 185 Å². The summed E-state index contributed by atoms with van der Waals surface area (Å²) in [5, 5.41) is 0.566. The van der Waals surface area contributed by atoms with Crippen molar-refractivity contribution in [2.45, 2.75) is 19.5 Å². The van der Waals surface area contributed by atoms with Crippen LogP contribution in [0.2, 0.25) is 5.02 Å². The molecular weight excluding hydrogens is 412 g/mol. The minimum Gasteiger partial charge on any atom is -0.495 e. The van der Waals surface area contributed by atoms with Gasteiger partial charge in [-0.25, -0.2) is 9.97 Å². The molecule has 0 saturated carbocycles. The summed E-state index contributed by atoms with van der Waals surface area (Å²) in [7, 11) is 1.60. The molecule has 7 heteroatoms. The van der Waals surface area contributed by atoms with Gasteiger partial charge in [0, 0.05) is 54.8 Å². The highest BCUT2D eigenvalue weighted by Crippen LogP contribution is 2.31. The third-order valence-corrected chi connectivity index (χ3v) is 5.72. The smallest absolute Gasteiger partial charge is 0.159 e. The molecule has 5 rings (SSSR count). The van der Waals surface area contributed by atoms with Gasteiger partial charge in [0.15, 0.2) is 5.82 Å². The van der Waals surface area contributed by atoms with Gasteiger partial charge >= 0.3 is 0 Å². The quantitative estimate of drug-likeness (QED) is 0.441. The van der Waals surface area contributed by atoms with Crippen molar-refractivity contribution in [2.75, 3.05) is 13.7 Å². The highest BCUT2D eigenvalue weighted by atomic mass is 35.5. The van der Waals surface area contributed by atoms with Crippen LogP contribution < -0.4 is 4.74 Å². The van der Waals surface area contributed by atoms with E-state index in [1.54, 1.807) is 19.5 Å². The van der Waals surface area contributed by atoms with Crippen molar-refractivity contribution in [1.82, 2.24) is 19.9 Å². The van der Waals surface area contributed by atoms with E-state index < -0.39 is 0 Å². The van der Waals surface area contributed by atoms with Crippen LogP contribution in [0.5, 0.6) is 5.75 Å². The minimum atomic E-state index is 0.566. The summed E-state index contributed by atoms with van der Waals surface area (Å²) in [6.07, 6.45) is 6.35. The number of nitrogens with zero attached hydrogens (tertiary/aromatic N) is 4. The molecule has 3 aromatic heterocycles. The van der Waals surface area contributed by atoms with E-state index in [1.165, 1.54) is 0 Å². The van der Waals surface area contributed by atoms with Crippen LogP contribution in [0, 0.1) is 0 Å². The van der Waals surface area contributed by atoms with Crippen LogP contribution in [0.4, 0.5) is 0 Å². The molecule has 31 heavy (non-hydrogen) atoms. The molecule has 1 aliphatic heterocycles. The number of hydrogen-bond donors (Lipinski definition) is 0. The number of aromatic nitrogens is 3. The van der Waals surface area contributed by atoms with Crippen molar-refractivity contribution < 1.29 is 9.15 Å². The largest absolute Gasteiger partial charge is 0.495 e. The second-order valence-electron chi connectivity index (χ2n) is 7.48. The third kappa shape index (κ3) is 4.17. The second-order valence-corrected chi connectivity index (χ2v) is 7.88. The van der Waals surface area contributed by atoms with E-state index in [2.05, 4.69) is 14.9 Å². The summed E-state index contributed by atoms with van der Waals surface area (Å²) in [6, 6.07) is 13.5. The molecule has 1 aliphatic rings. The molecular formula is C24H21ClN4O2. The van der Waals surface area contributed by atoms with Crippen molar-refractivity contribution in [3.63, 3.8) is 0 Å². The maximum atomic E-state index is 6.25. The molecule has 0 bridgehead atoms. The highest BCUT2D eigenvalue weighted by Gasteiger charge is 2.20. The van der Waals surface area contributed by atoms with Gasteiger partial charge in [-0.3, -0.25) is 9.88 Å². The van der Waals surface area contributed by atoms with Crippen LogP contribution >= 0.6 is 11.6 Å². The van der Waals surface area contributed by atoms with Crippen LogP contribution in [0.15, 0.2) is 65.5 Å². The fourth-order valence-corrected chi connectivity index (χ4v) is 4.07. The topological polar surface area (TPSA) is 64.3 Å². The van der Waals surface area contributed by atoms with Crippen molar-refractivity contribution >= 4 is 11.6 Å². The maximum absolute atomic E-state index is 6.25. The molecule has 1 aromatic carbocycles. The molecule has 0 unspecified atom stereocenters. The van der Waals surface area contributed by atoms with E-state index in [0.29, 0.717) is 10.8 Å². The molecule has 0 atom stereocenters. The van der Waals surface area contributed by atoms with E-state index >= 15 is 0 Å². The Hall–Kier alpha value is -3.22. The number of hydrogen-bond acceptors (Lipinski definition) is 6. The minimum absolute atomic E-state index is 0.566. The lowest BCUT2D eigenvalue weighted by molar-refractivity contribution is 0.224. The van der Waals surface area contributed by atoms with Crippen LogP contribution in [-0.4, -0.2) is 33.5 Å². The monoisotopic (exact) mass is 432 g/mol. The van der Waals surface area contributed by atoms with Crippen molar-refractivity contribution in [3.8, 4) is 28.5 Å². The normalized spacial score (nSPS) is 13.7. The van der Waals surface area contributed by atoms with Gasteiger partial charge in [-0.1, -0.05) is 11.6 Å². The first-order valence-electron chi connectivity index (χ1n) is 10.1. The average Bonchev–Trinajstić information content (AvgIpc) is 3.27. The van der Waals surface area contributed by atoms with Gasteiger partial charge in [-0.2, -0.15) is 0 Å². The summed E-state index contributed by atoms with van der Waals surface area (Å²) in [5.41, 5.74) is 4.20. The van der Waals surface area contributed by atoms with E-state index in [1.807, 2.05) is 48.7 Å². The molecule has 0 radical (unpaired) electrons. The van der Waals surface area contributed by atoms with Gasteiger partial charge in [-0.05, 0) is 42.5 Å². The third-order valence-electron chi connectivity index (χ3n) is 5.43. The van der Waals surface area contributed by atoms with E-state index in [0.717, 1.165) is 65.8 Å². The van der Waals surface area contributed by atoms with Gasteiger partial charge in [0.25, 0.3) is 0 Å². The zero-order valence-electron chi connectivity index (χ0n) is 17.1. The summed E-state index contributed by atoms with van der Waals surface area (Å²) in [6.45, 7) is 2.45. The van der Waals surface area contributed by atoms with E-state index in [9.17, 15) is 0 Å². The molecule has 6 nitrogen and oxygen atoms in total. The first kappa shape index (κ1) is 19.7. The summed E-state index contributed by atoms with van der Waals surface area (Å²) >= 11 is 6.25. The Bertz CT molecular complexity index is 1210. The number of halogens is 1. The number of methoxy groups -OCH3 is 1. The Kier molecular flexibility index (Phi) is 5.40. The number of pyridine rings is 1. The molecule has 156 valence electrons. The second kappa shape index (κ2) is 8.49. The van der Waals surface area contributed by atoms with Crippen LogP contribution in [-0.2, 0) is 19.5 Å². The Balaban J connectivity index is 1.28. The molecule has 0 N–H and O–H groups in total. The van der Waals surface area contributed by atoms with E-state index in [-0.39, 0.29) is 0 Å². The molecule has 4 heterocycles. The standard InChI is InChI=1S/C24H21ClN4O2/c1-30-23-4-2-17(12-20(23)25)22-5-3-19(31-22)15-29-11-8-21-18(14-29)13-27-24(28-21)16-6-9-26-10-7-16/h2-7,9-10,12-13H,8,11,14-15H2,1H3. The zero-order valence-corrected chi connectivity index (χ0v) is 17.8. The Morgan fingerprint density at radius 3 is 2.77 bits per heavy atom. The SMILES string of the molecule is COc1ccc(-c2ccc(CN3CCc4nc(-c5ccncc5)ncc4C3)o2)cc1Cl. The van der Waals surface area contributed by atoms with Crippen LogP contribution in [0.1, 0.15) is 17.0 Å². The van der Waals surface area contributed by atoms with E-state index in [4.69, 9.17) is 25.7 Å². The Morgan fingerprint density at radius 2 is 1.97 bits per heavy atom. The summed E-state index contributed by atoms with van der Waals surface area (Å²) < 4.78 is 11.3. The molecule has 0 spiro atoms. The lowest BCUT2D eigenvalue weighted by atomic mass is 10.1. The van der Waals surface area contributed by atoms with Crippen LogP contribution in [0.25, 0.3) is 22.7 Å². The van der Waals surface area contributed by atoms with Crippen molar-refractivity contribution in [2.24, 2.45) is 0 Å². The maximum Gasteiger partial charge on any atom is 0.159 e. The molecule has 0 amide bonds. The number of ether oxygens (including phenoxy) is 1.